The van der Waals surface area contributed by atoms with Crippen molar-refractivity contribution in [3.05, 3.63) is 10.6 Å². The summed E-state index contributed by atoms with van der Waals surface area (Å²) in [7, 11) is 0. The Hall–Kier alpha value is -1.14. The Morgan fingerprint density at radius 1 is 1.65 bits per heavy atom. The van der Waals surface area contributed by atoms with Gasteiger partial charge < -0.3 is 15.8 Å². The van der Waals surface area contributed by atoms with Crippen LogP contribution >= 0.6 is 11.3 Å². The number of amides is 1. The smallest absolute Gasteiger partial charge is 0.263 e. The van der Waals surface area contributed by atoms with Crippen molar-refractivity contribution >= 4 is 22.4 Å². The largest absolute Gasteiger partial charge is 0.379 e. The molecule has 1 fully saturated rings. The Bertz CT molecular complexity index is 401. The van der Waals surface area contributed by atoms with Gasteiger partial charge >= 0.3 is 0 Å². The van der Waals surface area contributed by atoms with Crippen LogP contribution in [-0.4, -0.2) is 30.6 Å². The molecule has 1 aliphatic carbocycles. The summed E-state index contributed by atoms with van der Waals surface area (Å²) in [5, 5.41) is 3.23. The van der Waals surface area contributed by atoms with Gasteiger partial charge in [-0.25, -0.2) is 4.98 Å². The monoisotopic (exact) mass is 255 g/mol. The number of nitrogens with one attached hydrogen (secondary N) is 1. The third-order valence-electron chi connectivity index (χ3n) is 2.60. The highest BCUT2D eigenvalue weighted by Gasteiger charge is 2.21. The number of thiazole rings is 1. The van der Waals surface area contributed by atoms with Crippen LogP contribution in [0.15, 0.2) is 0 Å². The quantitative estimate of drug-likeness (QED) is 0.749. The van der Waals surface area contributed by atoms with E-state index in [1.807, 2.05) is 0 Å². The lowest BCUT2D eigenvalue weighted by molar-refractivity contribution is 0.0909. The molecule has 5 nitrogen and oxygen atoms in total. The van der Waals surface area contributed by atoms with Crippen molar-refractivity contribution in [2.24, 2.45) is 5.92 Å². The second-order valence-corrected chi connectivity index (χ2v) is 5.27. The van der Waals surface area contributed by atoms with Gasteiger partial charge in [0.15, 0.2) is 5.13 Å². The van der Waals surface area contributed by atoms with E-state index in [-0.39, 0.29) is 5.91 Å². The summed E-state index contributed by atoms with van der Waals surface area (Å²) in [6.45, 7) is 3.70. The molecule has 0 spiro atoms. The molecule has 1 saturated carbocycles. The molecule has 6 heteroatoms. The van der Waals surface area contributed by atoms with E-state index < -0.39 is 0 Å². The maximum atomic E-state index is 11.7. The minimum Gasteiger partial charge on any atom is -0.379 e. The van der Waals surface area contributed by atoms with Gasteiger partial charge in [0, 0.05) is 13.2 Å². The molecule has 17 heavy (non-hydrogen) atoms. The zero-order valence-electron chi connectivity index (χ0n) is 9.86. The molecule has 3 N–H and O–H groups in total. The number of nitrogen functional groups attached to an aromatic ring is 1. The number of hydrogen-bond donors (Lipinski definition) is 2. The molecule has 1 aromatic heterocycles. The Labute approximate surface area is 104 Å². The first-order valence-electron chi connectivity index (χ1n) is 5.75. The van der Waals surface area contributed by atoms with Crippen LogP contribution in [0.3, 0.4) is 0 Å². The Kier molecular flexibility index (Phi) is 3.96. The number of carbonyl (C=O) groups excluding carboxylic acids is 1. The molecule has 1 heterocycles. The van der Waals surface area contributed by atoms with E-state index >= 15 is 0 Å². The molecule has 0 radical (unpaired) electrons. The molecule has 0 aliphatic heterocycles. The van der Waals surface area contributed by atoms with Crippen molar-refractivity contribution in [2.75, 3.05) is 25.5 Å². The third-order valence-corrected chi connectivity index (χ3v) is 3.59. The fraction of sp³-hybridized carbons (Fsp3) is 0.636. The predicted octanol–water partition coefficient (Wildman–Crippen LogP) is 1.19. The number of carbonyl (C=O) groups is 1. The van der Waals surface area contributed by atoms with Gasteiger partial charge in [-0.05, 0) is 25.7 Å². The summed E-state index contributed by atoms with van der Waals surface area (Å²) >= 11 is 1.21. The van der Waals surface area contributed by atoms with Crippen LogP contribution in [0.4, 0.5) is 5.13 Å². The number of aromatic nitrogens is 1. The molecule has 0 saturated heterocycles. The fourth-order valence-corrected chi connectivity index (χ4v) is 2.23. The summed E-state index contributed by atoms with van der Waals surface area (Å²) in [6, 6.07) is 0. The number of nitrogens with two attached hydrogens (primary N) is 1. The number of rotatable bonds is 6. The van der Waals surface area contributed by atoms with Crippen molar-refractivity contribution in [3.8, 4) is 0 Å². The molecule has 0 unspecified atom stereocenters. The normalized spacial score (nSPS) is 14.9. The molecule has 2 rings (SSSR count). The first kappa shape index (κ1) is 12.3. The van der Waals surface area contributed by atoms with Gasteiger partial charge in [-0.2, -0.15) is 0 Å². The van der Waals surface area contributed by atoms with Crippen molar-refractivity contribution in [1.82, 2.24) is 10.3 Å². The Balaban J connectivity index is 1.67. The Morgan fingerprint density at radius 2 is 2.41 bits per heavy atom. The fourth-order valence-electron chi connectivity index (χ4n) is 1.48. The van der Waals surface area contributed by atoms with E-state index in [4.69, 9.17) is 10.5 Å². The van der Waals surface area contributed by atoms with E-state index in [2.05, 4.69) is 10.3 Å². The van der Waals surface area contributed by atoms with E-state index in [1.54, 1.807) is 6.92 Å². The summed E-state index contributed by atoms with van der Waals surface area (Å²) in [4.78, 5) is 16.3. The van der Waals surface area contributed by atoms with E-state index in [1.165, 1.54) is 24.2 Å². The van der Waals surface area contributed by atoms with Crippen LogP contribution in [0.25, 0.3) is 0 Å². The Morgan fingerprint density at radius 3 is 3.00 bits per heavy atom. The number of hydrogen-bond acceptors (Lipinski definition) is 5. The average molecular weight is 255 g/mol. The standard InChI is InChI=1S/C11H17N3O2S/c1-7-9(17-11(12)14-7)10(15)13-4-5-16-6-8-2-3-8/h8H,2-6H2,1H3,(H2,12,14)(H,13,15). The van der Waals surface area contributed by atoms with Gasteiger partial charge in [0.25, 0.3) is 5.91 Å². The van der Waals surface area contributed by atoms with Gasteiger partial charge in [0.2, 0.25) is 0 Å². The minimum absolute atomic E-state index is 0.119. The first-order valence-corrected chi connectivity index (χ1v) is 6.57. The second kappa shape index (κ2) is 5.46. The molecule has 0 aromatic carbocycles. The molecular formula is C11H17N3O2S. The SMILES string of the molecule is Cc1nc(N)sc1C(=O)NCCOCC1CC1. The predicted molar refractivity (Wildman–Crippen MR) is 67.1 cm³/mol. The van der Waals surface area contributed by atoms with Crippen LogP contribution in [0.5, 0.6) is 0 Å². The number of nitrogens with zero attached hydrogens (tertiary/aromatic N) is 1. The van der Waals surface area contributed by atoms with E-state index in [0.29, 0.717) is 28.9 Å². The van der Waals surface area contributed by atoms with Crippen molar-refractivity contribution in [3.63, 3.8) is 0 Å². The van der Waals surface area contributed by atoms with Gasteiger partial charge in [0.1, 0.15) is 4.88 Å². The third kappa shape index (κ3) is 3.67. The van der Waals surface area contributed by atoms with Crippen molar-refractivity contribution < 1.29 is 9.53 Å². The van der Waals surface area contributed by atoms with Crippen LogP contribution in [0.2, 0.25) is 0 Å². The molecule has 1 aliphatic rings. The van der Waals surface area contributed by atoms with Crippen molar-refractivity contribution in [1.29, 1.82) is 0 Å². The summed E-state index contributed by atoms with van der Waals surface area (Å²) in [5.41, 5.74) is 6.22. The summed E-state index contributed by atoms with van der Waals surface area (Å²) < 4.78 is 5.43. The molecular weight excluding hydrogens is 238 g/mol. The molecule has 1 aromatic rings. The van der Waals surface area contributed by atoms with Crippen LogP contribution in [0.1, 0.15) is 28.2 Å². The maximum absolute atomic E-state index is 11.7. The van der Waals surface area contributed by atoms with Crippen LogP contribution < -0.4 is 11.1 Å². The molecule has 1 amide bonds. The molecule has 94 valence electrons. The number of aryl methyl sites for hydroxylation is 1. The van der Waals surface area contributed by atoms with Gasteiger partial charge in [0.05, 0.1) is 12.3 Å². The molecule has 0 atom stereocenters. The first-order chi connectivity index (χ1) is 8.16. The summed E-state index contributed by atoms with van der Waals surface area (Å²) in [6.07, 6.45) is 2.57. The van der Waals surface area contributed by atoms with Gasteiger partial charge in [-0.3, -0.25) is 4.79 Å². The second-order valence-electron chi connectivity index (χ2n) is 4.24. The lowest BCUT2D eigenvalue weighted by Gasteiger charge is -2.04. The number of anilines is 1. The van der Waals surface area contributed by atoms with Gasteiger partial charge in [-0.15, -0.1) is 0 Å². The summed E-state index contributed by atoms with van der Waals surface area (Å²) in [5.74, 6) is 0.640. The maximum Gasteiger partial charge on any atom is 0.263 e. The topological polar surface area (TPSA) is 77.2 Å². The zero-order chi connectivity index (χ0) is 12.3. The van der Waals surface area contributed by atoms with Crippen LogP contribution in [-0.2, 0) is 4.74 Å². The highest BCUT2D eigenvalue weighted by atomic mass is 32.1. The van der Waals surface area contributed by atoms with E-state index in [0.717, 1.165) is 12.5 Å². The number of ether oxygens (including phenoxy) is 1. The van der Waals surface area contributed by atoms with Crippen LogP contribution in [0, 0.1) is 12.8 Å². The highest BCUT2D eigenvalue weighted by Crippen LogP contribution is 2.28. The highest BCUT2D eigenvalue weighted by molar-refractivity contribution is 7.17. The zero-order valence-corrected chi connectivity index (χ0v) is 10.7. The van der Waals surface area contributed by atoms with Gasteiger partial charge in [-0.1, -0.05) is 11.3 Å². The van der Waals surface area contributed by atoms with Crippen molar-refractivity contribution in [2.45, 2.75) is 19.8 Å². The lowest BCUT2D eigenvalue weighted by Crippen LogP contribution is -2.27. The average Bonchev–Trinajstić information content (AvgIpc) is 3.03. The molecule has 0 bridgehead atoms. The lowest BCUT2D eigenvalue weighted by atomic mass is 10.4. The minimum atomic E-state index is -0.119. The van der Waals surface area contributed by atoms with E-state index in [9.17, 15) is 4.79 Å².